The third-order valence-corrected chi connectivity index (χ3v) is 5.19. The summed E-state index contributed by atoms with van der Waals surface area (Å²) < 4.78 is 7.04. The lowest BCUT2D eigenvalue weighted by atomic mass is 9.85. The molecule has 1 fully saturated rings. The third kappa shape index (κ3) is 2.07. The van der Waals surface area contributed by atoms with Crippen molar-refractivity contribution in [3.8, 4) is 0 Å². The molecule has 0 radical (unpaired) electrons. The fourth-order valence-electron chi connectivity index (χ4n) is 2.81. The fourth-order valence-corrected chi connectivity index (χ4v) is 3.58. The van der Waals surface area contributed by atoms with E-state index < -0.39 is 11.1 Å². The molecule has 3 heterocycles. The first-order valence-corrected chi connectivity index (χ1v) is 8.16. The van der Waals surface area contributed by atoms with Crippen LogP contribution in [-0.4, -0.2) is 30.2 Å². The summed E-state index contributed by atoms with van der Waals surface area (Å²) in [6, 6.07) is 0. The second-order valence-electron chi connectivity index (χ2n) is 5.79. The maximum atomic E-state index is 12.0. The number of anilines is 1. The van der Waals surface area contributed by atoms with Crippen molar-refractivity contribution in [1.82, 2.24) is 23.7 Å². The van der Waals surface area contributed by atoms with E-state index in [1.165, 1.54) is 42.4 Å². The minimum absolute atomic E-state index is 0.454. The van der Waals surface area contributed by atoms with Gasteiger partial charge < -0.3 is 4.90 Å². The van der Waals surface area contributed by atoms with Gasteiger partial charge in [-0.2, -0.15) is 9.47 Å². The van der Waals surface area contributed by atoms with E-state index in [2.05, 4.69) is 19.4 Å². The number of aryl methyl sites for hydroxylation is 1. The Hall–Kier alpha value is -2.03. The quantitative estimate of drug-likeness (QED) is 0.729. The lowest BCUT2D eigenvalue weighted by Gasteiger charge is -2.28. The molecule has 1 saturated carbocycles. The molecule has 4 rings (SSSR count). The van der Waals surface area contributed by atoms with E-state index in [0.29, 0.717) is 31.4 Å². The summed E-state index contributed by atoms with van der Waals surface area (Å²) in [6.45, 7) is 1.57. The highest BCUT2D eigenvalue weighted by molar-refractivity contribution is 7.09. The molecule has 2 aromatic rings. The van der Waals surface area contributed by atoms with Crippen molar-refractivity contribution in [2.75, 3.05) is 11.4 Å². The Morgan fingerprint density at radius 1 is 1.18 bits per heavy atom. The van der Waals surface area contributed by atoms with Crippen molar-refractivity contribution in [3.63, 3.8) is 0 Å². The number of hydrogen-bond acceptors (Lipinski definition) is 7. The highest BCUT2D eigenvalue weighted by Gasteiger charge is 2.27. The van der Waals surface area contributed by atoms with Crippen LogP contribution in [-0.2, 0) is 20.1 Å². The van der Waals surface area contributed by atoms with Crippen LogP contribution in [0.5, 0.6) is 0 Å². The summed E-state index contributed by atoms with van der Waals surface area (Å²) in [5.74, 6) is 2.06. The van der Waals surface area contributed by atoms with E-state index >= 15 is 0 Å². The van der Waals surface area contributed by atoms with Gasteiger partial charge in [-0.25, -0.2) is 9.67 Å². The molecule has 0 N–H and O–H groups in total. The van der Waals surface area contributed by atoms with E-state index in [0.717, 1.165) is 15.6 Å². The standard InChI is InChI=1S/C13H16N6O2S/c1-17-11(20)12(21)19-6-5-18(7-9(19)15-17)13-14-10(16-22-13)8-3-2-4-8/h8H,2-7H2,1H3. The molecular formula is C13H16N6O2S. The van der Waals surface area contributed by atoms with E-state index in [1.54, 1.807) is 0 Å². The highest BCUT2D eigenvalue weighted by atomic mass is 32.1. The number of hydrogen-bond donors (Lipinski definition) is 0. The zero-order valence-corrected chi connectivity index (χ0v) is 13.0. The molecule has 0 unspecified atom stereocenters. The van der Waals surface area contributed by atoms with E-state index in [4.69, 9.17) is 0 Å². The summed E-state index contributed by atoms with van der Waals surface area (Å²) in [6.07, 6.45) is 3.62. The van der Waals surface area contributed by atoms with E-state index in [1.807, 2.05) is 0 Å². The first-order valence-electron chi connectivity index (χ1n) is 7.39. The van der Waals surface area contributed by atoms with Gasteiger partial charge in [-0.15, -0.1) is 0 Å². The van der Waals surface area contributed by atoms with Crippen LogP contribution in [0.4, 0.5) is 5.13 Å². The van der Waals surface area contributed by atoms with Gasteiger partial charge in [-0.3, -0.25) is 14.2 Å². The van der Waals surface area contributed by atoms with Crippen molar-refractivity contribution in [2.24, 2.45) is 7.05 Å². The van der Waals surface area contributed by atoms with Crippen LogP contribution in [0.15, 0.2) is 9.59 Å². The zero-order chi connectivity index (χ0) is 15.3. The molecule has 0 spiro atoms. The molecule has 8 nitrogen and oxygen atoms in total. The van der Waals surface area contributed by atoms with E-state index in [9.17, 15) is 9.59 Å². The van der Waals surface area contributed by atoms with Crippen LogP contribution in [0.3, 0.4) is 0 Å². The summed E-state index contributed by atoms with van der Waals surface area (Å²) in [5, 5.41) is 5.07. The largest absolute Gasteiger partial charge is 0.338 e. The second-order valence-corrected chi connectivity index (χ2v) is 6.52. The van der Waals surface area contributed by atoms with Gasteiger partial charge in [0, 0.05) is 37.6 Å². The van der Waals surface area contributed by atoms with Gasteiger partial charge in [0.05, 0.1) is 6.54 Å². The van der Waals surface area contributed by atoms with Crippen molar-refractivity contribution in [2.45, 2.75) is 38.3 Å². The molecule has 9 heteroatoms. The summed E-state index contributed by atoms with van der Waals surface area (Å²) >= 11 is 1.40. The van der Waals surface area contributed by atoms with Gasteiger partial charge in [0.1, 0.15) is 5.82 Å². The van der Waals surface area contributed by atoms with Gasteiger partial charge in [0.25, 0.3) is 0 Å². The van der Waals surface area contributed by atoms with Crippen molar-refractivity contribution < 1.29 is 0 Å². The number of aromatic nitrogens is 5. The molecular weight excluding hydrogens is 304 g/mol. The van der Waals surface area contributed by atoms with Crippen molar-refractivity contribution in [1.29, 1.82) is 0 Å². The molecule has 0 atom stereocenters. The third-order valence-electron chi connectivity index (χ3n) is 4.40. The minimum Gasteiger partial charge on any atom is -0.338 e. The number of rotatable bonds is 2. The zero-order valence-electron chi connectivity index (χ0n) is 12.2. The fraction of sp³-hybridized carbons (Fsp3) is 0.615. The monoisotopic (exact) mass is 320 g/mol. The lowest BCUT2D eigenvalue weighted by molar-refractivity contribution is 0.404. The molecule has 116 valence electrons. The van der Waals surface area contributed by atoms with E-state index in [-0.39, 0.29) is 0 Å². The van der Waals surface area contributed by atoms with Gasteiger partial charge in [0.2, 0.25) is 5.13 Å². The number of fused-ring (bicyclic) bond motifs is 1. The highest BCUT2D eigenvalue weighted by Crippen LogP contribution is 2.36. The summed E-state index contributed by atoms with van der Waals surface area (Å²) in [5.41, 5.74) is -1.08. The van der Waals surface area contributed by atoms with Gasteiger partial charge in [-0.1, -0.05) is 6.42 Å². The second kappa shape index (κ2) is 5.01. The van der Waals surface area contributed by atoms with Crippen LogP contribution >= 0.6 is 11.5 Å². The topological polar surface area (TPSA) is 85.9 Å². The van der Waals surface area contributed by atoms with Crippen molar-refractivity contribution in [3.05, 3.63) is 32.4 Å². The molecule has 1 aliphatic carbocycles. The molecule has 22 heavy (non-hydrogen) atoms. The maximum absolute atomic E-state index is 12.0. The summed E-state index contributed by atoms with van der Waals surface area (Å²) in [7, 11) is 1.50. The Kier molecular flexibility index (Phi) is 3.10. The predicted octanol–water partition coefficient (Wildman–Crippen LogP) is 0.0812. The molecule has 0 amide bonds. The molecule has 0 saturated heterocycles. The average molecular weight is 320 g/mol. The lowest BCUT2D eigenvalue weighted by Crippen LogP contribution is -2.48. The van der Waals surface area contributed by atoms with Crippen LogP contribution < -0.4 is 16.0 Å². The Balaban J connectivity index is 1.63. The van der Waals surface area contributed by atoms with Gasteiger partial charge >= 0.3 is 11.1 Å². The normalized spacial score (nSPS) is 18.1. The molecule has 0 bridgehead atoms. The Labute approximate surface area is 130 Å². The predicted molar refractivity (Wildman–Crippen MR) is 81.3 cm³/mol. The van der Waals surface area contributed by atoms with Crippen molar-refractivity contribution >= 4 is 16.7 Å². The molecule has 2 aromatic heterocycles. The molecule has 0 aromatic carbocycles. The van der Waals surface area contributed by atoms with Crippen LogP contribution in [0.25, 0.3) is 0 Å². The van der Waals surface area contributed by atoms with Crippen LogP contribution in [0.1, 0.15) is 36.8 Å². The molecule has 2 aliphatic rings. The Morgan fingerprint density at radius 2 is 2.00 bits per heavy atom. The Bertz CT molecular complexity index is 834. The number of nitrogens with zero attached hydrogens (tertiary/aromatic N) is 6. The smallest absolute Gasteiger partial charge is 0.332 e. The first kappa shape index (κ1) is 13.6. The van der Waals surface area contributed by atoms with Gasteiger partial charge in [-0.05, 0) is 12.8 Å². The molecule has 1 aliphatic heterocycles. The van der Waals surface area contributed by atoms with Crippen LogP contribution in [0, 0.1) is 0 Å². The van der Waals surface area contributed by atoms with Crippen LogP contribution in [0.2, 0.25) is 0 Å². The Morgan fingerprint density at radius 3 is 2.73 bits per heavy atom. The maximum Gasteiger partial charge on any atom is 0.332 e. The minimum atomic E-state index is -0.583. The summed E-state index contributed by atoms with van der Waals surface area (Å²) in [4.78, 5) is 30.3. The average Bonchev–Trinajstić information content (AvgIpc) is 2.92. The van der Waals surface area contributed by atoms with Gasteiger partial charge in [0.15, 0.2) is 5.82 Å². The first-order chi connectivity index (χ1) is 10.6. The SMILES string of the molecule is Cn1nc2n(c(=O)c1=O)CCN(c1nc(C3CCC3)ns1)C2.